The number of aliphatic hydroxyl groups is 1. The van der Waals surface area contributed by atoms with Gasteiger partial charge in [0.25, 0.3) is 5.91 Å². The van der Waals surface area contributed by atoms with Gasteiger partial charge in [0.05, 0.1) is 23.3 Å². The Morgan fingerprint density at radius 3 is 2.60 bits per heavy atom. The molecule has 40 heavy (non-hydrogen) atoms. The van der Waals surface area contributed by atoms with Crippen molar-refractivity contribution >= 4 is 32.7 Å². The number of nitrogens with one attached hydrogen (secondary N) is 1. The van der Waals surface area contributed by atoms with Gasteiger partial charge in [-0.3, -0.25) is 19.4 Å². The number of hydrogen-bond acceptors (Lipinski definition) is 7. The molecular weight excluding hydrogens is 530 g/mol. The van der Waals surface area contributed by atoms with Gasteiger partial charge in [-0.25, -0.2) is 0 Å². The predicted molar refractivity (Wildman–Crippen MR) is 154 cm³/mol. The lowest BCUT2D eigenvalue weighted by molar-refractivity contribution is -0.134. The maximum Gasteiger partial charge on any atom is 0.301 e. The lowest BCUT2D eigenvalue weighted by Crippen LogP contribution is -2.40. The molecule has 2 atom stereocenters. The number of ether oxygens (including phenoxy) is 1. The summed E-state index contributed by atoms with van der Waals surface area (Å²) >= 11 is 0. The maximum absolute atomic E-state index is 13.4. The zero-order valence-corrected chi connectivity index (χ0v) is 23.6. The number of piperidine rings is 1. The number of fused-ring (bicyclic) bond motifs is 1. The van der Waals surface area contributed by atoms with Gasteiger partial charge in [-0.1, -0.05) is 36.8 Å². The van der Waals surface area contributed by atoms with Crippen LogP contribution in [0.1, 0.15) is 37.3 Å². The van der Waals surface area contributed by atoms with E-state index in [1.165, 1.54) is 4.31 Å². The number of benzene rings is 2. The highest BCUT2D eigenvalue weighted by Gasteiger charge is 2.29. The van der Waals surface area contributed by atoms with E-state index < -0.39 is 10.2 Å². The highest BCUT2D eigenvalue weighted by atomic mass is 32.2. The lowest BCUT2D eigenvalue weighted by atomic mass is 10.0. The van der Waals surface area contributed by atoms with E-state index in [4.69, 9.17) is 4.74 Å². The number of carbonyl (C=O) groups is 1. The number of likely N-dealkylation sites (tertiary alicyclic amines) is 1. The van der Waals surface area contributed by atoms with E-state index >= 15 is 0 Å². The summed E-state index contributed by atoms with van der Waals surface area (Å²) in [5.41, 5.74) is 1.84. The zero-order valence-electron chi connectivity index (χ0n) is 22.8. The van der Waals surface area contributed by atoms with Crippen LogP contribution in [0.5, 0.6) is 5.75 Å². The van der Waals surface area contributed by atoms with Crippen molar-refractivity contribution in [1.29, 1.82) is 0 Å². The monoisotopic (exact) mass is 567 g/mol. The van der Waals surface area contributed by atoms with Crippen LogP contribution in [0.4, 0.5) is 5.69 Å². The summed E-state index contributed by atoms with van der Waals surface area (Å²) in [6, 6.07) is 16.5. The fraction of sp³-hybridized carbons (Fsp3) is 0.448. The molecule has 11 heteroatoms. The van der Waals surface area contributed by atoms with Crippen molar-refractivity contribution in [3.8, 4) is 5.75 Å². The number of β-amino-alcohol motifs (C(OH)–C–C–N with tert-alkyl or cyclic N) is 1. The molecule has 3 aromatic rings. The molecule has 3 heterocycles. The van der Waals surface area contributed by atoms with Crippen molar-refractivity contribution in [2.24, 2.45) is 0 Å². The van der Waals surface area contributed by atoms with Gasteiger partial charge in [0.1, 0.15) is 5.75 Å². The van der Waals surface area contributed by atoms with Crippen molar-refractivity contribution in [3.05, 3.63) is 66.4 Å². The van der Waals surface area contributed by atoms with E-state index in [1.54, 1.807) is 42.4 Å². The molecule has 5 rings (SSSR count). The maximum atomic E-state index is 13.4. The summed E-state index contributed by atoms with van der Waals surface area (Å²) in [6.45, 7) is 2.80. The lowest BCUT2D eigenvalue weighted by Gasteiger charge is -2.32. The molecule has 0 radical (unpaired) electrons. The molecule has 0 saturated carbocycles. The summed E-state index contributed by atoms with van der Waals surface area (Å²) in [6.07, 6.45) is 4.72. The summed E-state index contributed by atoms with van der Waals surface area (Å²) < 4.78 is 36.1. The first-order valence-electron chi connectivity index (χ1n) is 13.8. The van der Waals surface area contributed by atoms with Crippen molar-refractivity contribution in [2.45, 2.75) is 37.8 Å². The molecule has 0 bridgehead atoms. The number of aliphatic hydroxyl groups excluding tert-OH is 1. The van der Waals surface area contributed by atoms with Crippen LogP contribution in [0, 0.1) is 0 Å². The number of pyridine rings is 1. The van der Waals surface area contributed by atoms with Crippen molar-refractivity contribution in [2.75, 3.05) is 51.1 Å². The van der Waals surface area contributed by atoms with Crippen LogP contribution < -0.4 is 9.46 Å². The average Bonchev–Trinajstić information content (AvgIpc) is 3.40. The molecule has 0 spiro atoms. The van der Waals surface area contributed by atoms with Crippen LogP contribution in [-0.4, -0.2) is 91.0 Å². The number of hydrogen-bond donors (Lipinski definition) is 2. The molecule has 1 unspecified atom stereocenters. The SMILES string of the molecule is CN(C(=O)COc1ccc(NS(=O)(=O)N2CCCCC2)c2ncccc12)[C@H](CN1CCC(O)C1)c1ccccc1. The molecule has 2 aromatic carbocycles. The van der Waals surface area contributed by atoms with Crippen molar-refractivity contribution in [3.63, 3.8) is 0 Å². The quantitative estimate of drug-likeness (QED) is 0.387. The first-order valence-corrected chi connectivity index (χ1v) is 15.3. The Balaban J connectivity index is 1.30. The molecule has 1 amide bonds. The predicted octanol–water partition coefficient (Wildman–Crippen LogP) is 3.02. The van der Waals surface area contributed by atoms with Gasteiger partial charge >= 0.3 is 10.2 Å². The van der Waals surface area contributed by atoms with Crippen LogP contribution in [-0.2, 0) is 15.0 Å². The van der Waals surface area contributed by atoms with Crippen molar-refractivity contribution in [1.82, 2.24) is 19.1 Å². The van der Waals surface area contributed by atoms with Crippen LogP contribution in [0.25, 0.3) is 10.9 Å². The third kappa shape index (κ3) is 6.55. The molecule has 214 valence electrons. The summed E-state index contributed by atoms with van der Waals surface area (Å²) in [7, 11) is -1.93. The van der Waals surface area contributed by atoms with Gasteiger partial charge in [0.2, 0.25) is 0 Å². The van der Waals surface area contributed by atoms with E-state index in [0.29, 0.717) is 48.5 Å². The molecule has 2 saturated heterocycles. The van der Waals surface area contributed by atoms with Crippen LogP contribution >= 0.6 is 0 Å². The zero-order chi connectivity index (χ0) is 28.1. The average molecular weight is 568 g/mol. The molecule has 2 aliphatic rings. The van der Waals surface area contributed by atoms with Gasteiger partial charge in [-0.15, -0.1) is 0 Å². The summed E-state index contributed by atoms with van der Waals surface area (Å²) in [5, 5.41) is 10.6. The Morgan fingerprint density at radius 1 is 1.10 bits per heavy atom. The smallest absolute Gasteiger partial charge is 0.301 e. The molecule has 1 aromatic heterocycles. The van der Waals surface area contributed by atoms with Gasteiger partial charge in [0.15, 0.2) is 6.61 Å². The number of likely N-dealkylation sites (N-methyl/N-ethyl adjacent to an activating group) is 1. The number of nitrogens with zero attached hydrogens (tertiary/aromatic N) is 4. The summed E-state index contributed by atoms with van der Waals surface area (Å²) in [4.78, 5) is 21.6. The third-order valence-electron chi connectivity index (χ3n) is 7.70. The number of aromatic nitrogens is 1. The van der Waals surface area contributed by atoms with E-state index in [-0.39, 0.29) is 24.7 Å². The third-order valence-corrected chi connectivity index (χ3v) is 9.22. The molecule has 0 aliphatic carbocycles. The Morgan fingerprint density at radius 2 is 1.88 bits per heavy atom. The Labute approximate surface area is 235 Å². The number of carbonyl (C=O) groups excluding carboxylic acids is 1. The van der Waals surface area contributed by atoms with Crippen LogP contribution in [0.15, 0.2) is 60.8 Å². The molecule has 10 nitrogen and oxygen atoms in total. The van der Waals surface area contributed by atoms with Gasteiger partial charge in [-0.2, -0.15) is 12.7 Å². The second-order valence-electron chi connectivity index (χ2n) is 10.5. The topological polar surface area (TPSA) is 115 Å². The standard InChI is InChI=1S/C29H37N5O5S/c1-32(26(22-9-4-2-5-10-22)20-33-18-14-23(35)19-33)28(36)21-39-27-13-12-25(29-24(27)11-8-15-30-29)31-40(37,38)34-16-6-3-7-17-34/h2,4-5,8-13,15,23,26,31,35H,3,6-7,14,16-21H2,1H3/t23?,26-/m1/s1. The van der Waals surface area contributed by atoms with Crippen LogP contribution in [0.3, 0.4) is 0 Å². The number of amides is 1. The van der Waals surface area contributed by atoms with Gasteiger partial charge in [-0.05, 0) is 49.1 Å². The van der Waals surface area contributed by atoms with Crippen LogP contribution in [0.2, 0.25) is 0 Å². The van der Waals surface area contributed by atoms with E-state index in [0.717, 1.165) is 37.8 Å². The fourth-order valence-corrected chi connectivity index (χ4v) is 6.74. The second-order valence-corrected chi connectivity index (χ2v) is 12.2. The number of anilines is 1. The largest absolute Gasteiger partial charge is 0.483 e. The van der Waals surface area contributed by atoms with E-state index in [1.807, 2.05) is 30.3 Å². The van der Waals surface area contributed by atoms with Crippen molar-refractivity contribution < 1.29 is 23.1 Å². The first kappa shape index (κ1) is 28.3. The van der Waals surface area contributed by atoms with Gasteiger partial charge < -0.3 is 14.7 Å². The highest BCUT2D eigenvalue weighted by Crippen LogP contribution is 2.32. The molecule has 2 fully saturated rings. The van der Waals surface area contributed by atoms with Gasteiger partial charge in [0, 0.05) is 51.4 Å². The summed E-state index contributed by atoms with van der Waals surface area (Å²) in [5.74, 6) is 0.255. The normalized spacial score (nSPS) is 19.4. The molecular formula is C29H37N5O5S. The fourth-order valence-electron chi connectivity index (χ4n) is 5.43. The Hall–Kier alpha value is -3.25. The number of rotatable bonds is 10. The Bertz CT molecular complexity index is 1410. The minimum absolute atomic E-state index is 0.189. The second kappa shape index (κ2) is 12.5. The molecule has 2 N–H and O–H groups in total. The highest BCUT2D eigenvalue weighted by molar-refractivity contribution is 7.90. The minimum atomic E-state index is -3.71. The minimum Gasteiger partial charge on any atom is -0.483 e. The van der Waals surface area contributed by atoms with E-state index in [9.17, 15) is 18.3 Å². The van der Waals surface area contributed by atoms with E-state index in [2.05, 4.69) is 14.6 Å². The first-order chi connectivity index (χ1) is 19.3. The molecule has 2 aliphatic heterocycles. The Kier molecular flexibility index (Phi) is 8.84.